The van der Waals surface area contributed by atoms with Gasteiger partial charge in [0.15, 0.2) is 0 Å². The number of carbonyl (C=O) groups is 1. The quantitative estimate of drug-likeness (QED) is 0.294. The fourth-order valence-electron chi connectivity index (χ4n) is 2.70. The van der Waals surface area contributed by atoms with E-state index in [1.54, 1.807) is 24.7 Å². The Morgan fingerprint density at radius 1 is 1.13 bits per heavy atom. The van der Waals surface area contributed by atoms with Crippen LogP contribution in [0.3, 0.4) is 0 Å². The van der Waals surface area contributed by atoms with Gasteiger partial charge in [-0.1, -0.05) is 18.2 Å². The van der Waals surface area contributed by atoms with Gasteiger partial charge in [0.2, 0.25) is 0 Å². The molecule has 3 aromatic rings. The normalized spacial score (nSPS) is 11.6. The van der Waals surface area contributed by atoms with Crippen molar-refractivity contribution < 1.29 is 14.6 Å². The van der Waals surface area contributed by atoms with E-state index in [1.807, 2.05) is 48.5 Å². The molecule has 0 fully saturated rings. The third kappa shape index (κ3) is 7.38. The summed E-state index contributed by atoms with van der Waals surface area (Å²) in [5, 5.41) is 12.4. The van der Waals surface area contributed by atoms with Crippen molar-refractivity contribution in [2.75, 3.05) is 18.5 Å². The second-order valence-electron chi connectivity index (χ2n) is 6.48. The van der Waals surface area contributed by atoms with Crippen molar-refractivity contribution in [3.8, 4) is 5.75 Å². The number of nitrogens with zero attached hydrogens (tertiary/aromatic N) is 2. The maximum Gasteiger partial charge on any atom is 0.305 e. The number of anilines is 1. The Kier molecular flexibility index (Phi) is 8.49. The predicted octanol–water partition coefficient (Wildman–Crippen LogP) is 4.17. The van der Waals surface area contributed by atoms with Crippen molar-refractivity contribution in [1.29, 1.82) is 0 Å². The average molecular weight is 425 g/mol. The minimum Gasteiger partial charge on any atom is -0.493 e. The lowest BCUT2D eigenvalue weighted by atomic mass is 10.1. The van der Waals surface area contributed by atoms with E-state index in [-0.39, 0.29) is 12.5 Å². The Balaban J connectivity index is 1.46. The van der Waals surface area contributed by atoms with E-state index in [4.69, 9.17) is 4.74 Å². The lowest BCUT2D eigenvalue weighted by molar-refractivity contribution is -0.137. The molecule has 2 aromatic heterocycles. The number of hydrogen-bond donors (Lipinski definition) is 3. The summed E-state index contributed by atoms with van der Waals surface area (Å²) >= 11 is 1.38. The zero-order valence-electron chi connectivity index (χ0n) is 16.4. The summed E-state index contributed by atoms with van der Waals surface area (Å²) in [7, 11) is 0. The number of aliphatic carboxylic acids is 1. The summed E-state index contributed by atoms with van der Waals surface area (Å²) in [6.45, 7) is 1.35. The third-order valence-electron chi connectivity index (χ3n) is 4.15. The molecule has 0 radical (unpaired) electrons. The predicted molar refractivity (Wildman–Crippen MR) is 118 cm³/mol. The van der Waals surface area contributed by atoms with Crippen LogP contribution in [0.4, 0.5) is 5.82 Å². The molecule has 1 aromatic carbocycles. The first-order valence-electron chi connectivity index (χ1n) is 9.62. The molecule has 0 aliphatic carbocycles. The number of carboxylic acid groups (broad SMARTS) is 1. The SMILES string of the molecule is O=C(O)CC(NSc1cccc(OCCCNc2ccccn2)c1)c1cccnc1. The van der Waals surface area contributed by atoms with Crippen LogP contribution in [-0.4, -0.2) is 34.2 Å². The molecule has 1 atom stereocenters. The van der Waals surface area contributed by atoms with Crippen LogP contribution in [0.25, 0.3) is 0 Å². The topological polar surface area (TPSA) is 96.4 Å². The molecule has 0 amide bonds. The minimum absolute atomic E-state index is 0.0296. The van der Waals surface area contributed by atoms with Crippen molar-refractivity contribution in [1.82, 2.24) is 14.7 Å². The number of rotatable bonds is 12. The highest BCUT2D eigenvalue weighted by Gasteiger charge is 2.16. The fraction of sp³-hybridized carbons (Fsp3) is 0.227. The molecule has 8 heteroatoms. The Morgan fingerprint density at radius 2 is 2.07 bits per heavy atom. The van der Waals surface area contributed by atoms with Crippen LogP contribution >= 0.6 is 11.9 Å². The number of benzene rings is 1. The molecule has 0 saturated heterocycles. The van der Waals surface area contributed by atoms with Gasteiger partial charge in [-0.3, -0.25) is 14.5 Å². The van der Waals surface area contributed by atoms with Crippen molar-refractivity contribution in [3.63, 3.8) is 0 Å². The second-order valence-corrected chi connectivity index (χ2v) is 7.39. The number of pyridine rings is 2. The number of nitrogens with one attached hydrogen (secondary N) is 2. The molecule has 3 rings (SSSR count). The van der Waals surface area contributed by atoms with Gasteiger partial charge in [-0.05, 0) is 60.3 Å². The number of hydrogen-bond acceptors (Lipinski definition) is 7. The standard InChI is InChI=1S/C22H24N4O3S/c27-22(28)15-20(17-6-4-10-23-16-17)26-30-19-8-3-7-18(14-19)29-13-5-12-25-21-9-1-2-11-24-21/h1-4,6-11,14,16,20,26H,5,12-13,15H2,(H,24,25)(H,27,28). The van der Waals surface area contributed by atoms with Gasteiger partial charge in [0, 0.05) is 30.0 Å². The maximum absolute atomic E-state index is 11.2. The third-order valence-corrected chi connectivity index (χ3v) is 5.04. The van der Waals surface area contributed by atoms with Gasteiger partial charge < -0.3 is 15.2 Å². The van der Waals surface area contributed by atoms with E-state index < -0.39 is 5.97 Å². The van der Waals surface area contributed by atoms with Gasteiger partial charge >= 0.3 is 5.97 Å². The van der Waals surface area contributed by atoms with Crippen LogP contribution in [0.1, 0.15) is 24.4 Å². The summed E-state index contributed by atoms with van der Waals surface area (Å²) < 4.78 is 9.06. The van der Waals surface area contributed by atoms with E-state index in [9.17, 15) is 9.90 Å². The number of aromatic nitrogens is 2. The summed E-state index contributed by atoms with van der Waals surface area (Å²) in [5.41, 5.74) is 0.834. The molecule has 2 heterocycles. The first kappa shape index (κ1) is 21.6. The van der Waals surface area contributed by atoms with Crippen molar-refractivity contribution in [3.05, 3.63) is 78.8 Å². The van der Waals surface area contributed by atoms with E-state index in [2.05, 4.69) is 20.0 Å². The van der Waals surface area contributed by atoms with Crippen LogP contribution in [0.2, 0.25) is 0 Å². The molecular weight excluding hydrogens is 400 g/mol. The summed E-state index contributed by atoms with van der Waals surface area (Å²) in [6.07, 6.45) is 5.91. The van der Waals surface area contributed by atoms with Gasteiger partial charge in [0.1, 0.15) is 11.6 Å². The molecule has 0 bridgehead atoms. The largest absolute Gasteiger partial charge is 0.493 e. The molecule has 0 aliphatic heterocycles. The van der Waals surface area contributed by atoms with E-state index >= 15 is 0 Å². The molecule has 3 N–H and O–H groups in total. The van der Waals surface area contributed by atoms with E-state index in [0.717, 1.165) is 35.0 Å². The minimum atomic E-state index is -0.867. The Hall–Kier alpha value is -3.10. The van der Waals surface area contributed by atoms with Crippen LogP contribution in [0.15, 0.2) is 78.1 Å². The van der Waals surface area contributed by atoms with Crippen molar-refractivity contribution in [2.45, 2.75) is 23.8 Å². The molecular formula is C22H24N4O3S. The summed E-state index contributed by atoms with van der Waals surface area (Å²) in [5.74, 6) is 0.760. The van der Waals surface area contributed by atoms with Crippen LogP contribution in [0, 0.1) is 0 Å². The molecule has 0 spiro atoms. The molecule has 0 aliphatic rings. The second kappa shape index (κ2) is 11.8. The van der Waals surface area contributed by atoms with E-state index in [0.29, 0.717) is 6.61 Å². The zero-order chi connectivity index (χ0) is 21.0. The first-order valence-corrected chi connectivity index (χ1v) is 10.4. The highest BCUT2D eigenvalue weighted by molar-refractivity contribution is 7.97. The highest BCUT2D eigenvalue weighted by Crippen LogP contribution is 2.26. The van der Waals surface area contributed by atoms with Gasteiger partial charge in [-0.2, -0.15) is 0 Å². The van der Waals surface area contributed by atoms with Gasteiger partial charge in [-0.25, -0.2) is 4.98 Å². The maximum atomic E-state index is 11.2. The van der Waals surface area contributed by atoms with E-state index in [1.165, 1.54) is 11.9 Å². The van der Waals surface area contributed by atoms with Gasteiger partial charge in [-0.15, -0.1) is 0 Å². The fourth-order valence-corrected chi connectivity index (χ4v) is 3.52. The summed E-state index contributed by atoms with van der Waals surface area (Å²) in [4.78, 5) is 20.5. The molecule has 7 nitrogen and oxygen atoms in total. The molecule has 156 valence electrons. The first-order chi connectivity index (χ1) is 14.7. The Labute approximate surface area is 180 Å². The summed E-state index contributed by atoms with van der Waals surface area (Å²) in [6, 6.07) is 16.8. The lowest BCUT2D eigenvalue weighted by Gasteiger charge is -2.16. The van der Waals surface area contributed by atoms with Crippen LogP contribution < -0.4 is 14.8 Å². The van der Waals surface area contributed by atoms with Gasteiger partial charge in [0.25, 0.3) is 0 Å². The van der Waals surface area contributed by atoms with Gasteiger partial charge in [0.05, 0.1) is 19.1 Å². The van der Waals surface area contributed by atoms with Crippen LogP contribution in [-0.2, 0) is 4.79 Å². The lowest BCUT2D eigenvalue weighted by Crippen LogP contribution is -2.18. The number of carboxylic acids is 1. The highest BCUT2D eigenvalue weighted by atomic mass is 32.2. The molecule has 30 heavy (non-hydrogen) atoms. The monoisotopic (exact) mass is 424 g/mol. The Morgan fingerprint density at radius 3 is 2.83 bits per heavy atom. The molecule has 1 unspecified atom stereocenters. The molecule has 0 saturated carbocycles. The number of ether oxygens (including phenoxy) is 1. The van der Waals surface area contributed by atoms with Crippen molar-refractivity contribution in [2.24, 2.45) is 0 Å². The Bertz CT molecular complexity index is 913. The van der Waals surface area contributed by atoms with Crippen LogP contribution in [0.5, 0.6) is 5.75 Å². The smallest absolute Gasteiger partial charge is 0.305 e. The average Bonchev–Trinajstić information content (AvgIpc) is 2.78. The zero-order valence-corrected chi connectivity index (χ0v) is 17.2. The van der Waals surface area contributed by atoms with Crippen molar-refractivity contribution >= 4 is 23.7 Å².